The van der Waals surface area contributed by atoms with Gasteiger partial charge in [-0.15, -0.1) is 0 Å². The highest BCUT2D eigenvalue weighted by atomic mass is 79.9. The van der Waals surface area contributed by atoms with Gasteiger partial charge >= 0.3 is 0 Å². The second-order valence-electron chi connectivity index (χ2n) is 4.37. The topological polar surface area (TPSA) is 85.1 Å². The molecular weight excluding hydrogens is 342 g/mol. The number of sulfonamides is 1. The SMILES string of the molecule is Cc1ccc(N)c(S(=O)(=O)Nc2cccnc2Br)c1C. The zero-order chi connectivity index (χ0) is 14.9. The fraction of sp³-hybridized carbons (Fsp3) is 0.154. The van der Waals surface area contributed by atoms with E-state index in [1.165, 1.54) is 0 Å². The molecule has 0 saturated carbocycles. The predicted octanol–water partition coefficient (Wildman–Crippen LogP) is 2.84. The number of benzene rings is 1. The van der Waals surface area contributed by atoms with Crippen molar-refractivity contribution >= 4 is 37.3 Å². The van der Waals surface area contributed by atoms with Gasteiger partial charge in [0.1, 0.15) is 9.50 Å². The maximum absolute atomic E-state index is 12.5. The van der Waals surface area contributed by atoms with E-state index in [4.69, 9.17) is 5.73 Å². The zero-order valence-corrected chi connectivity index (χ0v) is 13.4. The number of rotatable bonds is 3. The highest BCUT2D eigenvalue weighted by Gasteiger charge is 2.22. The summed E-state index contributed by atoms with van der Waals surface area (Å²) >= 11 is 3.20. The first-order chi connectivity index (χ1) is 9.33. The molecule has 20 heavy (non-hydrogen) atoms. The van der Waals surface area contributed by atoms with Crippen molar-refractivity contribution in [3.63, 3.8) is 0 Å². The Morgan fingerprint density at radius 3 is 2.60 bits per heavy atom. The van der Waals surface area contributed by atoms with Crippen LogP contribution in [0.4, 0.5) is 11.4 Å². The summed E-state index contributed by atoms with van der Waals surface area (Å²) in [4.78, 5) is 4.08. The number of aryl methyl sites for hydroxylation is 1. The van der Waals surface area contributed by atoms with Crippen molar-refractivity contribution in [2.45, 2.75) is 18.7 Å². The Balaban J connectivity index is 2.52. The predicted molar refractivity (Wildman–Crippen MR) is 83.1 cm³/mol. The van der Waals surface area contributed by atoms with Crippen LogP contribution in [-0.2, 0) is 10.0 Å². The van der Waals surface area contributed by atoms with Gasteiger partial charge < -0.3 is 5.73 Å². The van der Waals surface area contributed by atoms with Crippen LogP contribution >= 0.6 is 15.9 Å². The quantitative estimate of drug-likeness (QED) is 0.654. The molecule has 0 amide bonds. The number of nitrogen functional groups attached to an aromatic ring is 1. The number of nitrogens with one attached hydrogen (secondary N) is 1. The van der Waals surface area contributed by atoms with Gasteiger partial charge in [-0.05, 0) is 59.1 Å². The minimum absolute atomic E-state index is 0.105. The summed E-state index contributed by atoms with van der Waals surface area (Å²) in [5.74, 6) is 0. The van der Waals surface area contributed by atoms with Crippen molar-refractivity contribution in [1.82, 2.24) is 4.98 Å². The molecule has 0 bridgehead atoms. The molecule has 106 valence electrons. The molecule has 3 N–H and O–H groups in total. The van der Waals surface area contributed by atoms with Crippen molar-refractivity contribution < 1.29 is 8.42 Å². The normalized spacial score (nSPS) is 11.3. The van der Waals surface area contributed by atoms with Gasteiger partial charge in [-0.3, -0.25) is 4.72 Å². The summed E-state index contributed by atoms with van der Waals surface area (Å²) in [7, 11) is -3.76. The van der Waals surface area contributed by atoms with Crippen LogP contribution in [0.3, 0.4) is 0 Å². The van der Waals surface area contributed by atoms with E-state index in [0.29, 0.717) is 15.9 Å². The number of nitrogens with zero attached hydrogens (tertiary/aromatic N) is 1. The molecular formula is C13H14BrN3O2S. The van der Waals surface area contributed by atoms with E-state index < -0.39 is 10.0 Å². The van der Waals surface area contributed by atoms with Gasteiger partial charge in [0, 0.05) is 6.20 Å². The minimum atomic E-state index is -3.76. The molecule has 0 saturated heterocycles. The fourth-order valence-electron chi connectivity index (χ4n) is 1.83. The van der Waals surface area contributed by atoms with E-state index >= 15 is 0 Å². The molecule has 0 spiro atoms. The van der Waals surface area contributed by atoms with Crippen LogP contribution in [-0.4, -0.2) is 13.4 Å². The highest BCUT2D eigenvalue weighted by molar-refractivity contribution is 9.10. The molecule has 0 aliphatic carbocycles. The van der Waals surface area contributed by atoms with E-state index in [9.17, 15) is 8.42 Å². The van der Waals surface area contributed by atoms with E-state index in [1.54, 1.807) is 37.4 Å². The van der Waals surface area contributed by atoms with Gasteiger partial charge in [0.05, 0.1) is 11.4 Å². The van der Waals surface area contributed by atoms with E-state index in [-0.39, 0.29) is 10.6 Å². The highest BCUT2D eigenvalue weighted by Crippen LogP contribution is 2.28. The lowest BCUT2D eigenvalue weighted by Gasteiger charge is -2.14. The molecule has 1 aromatic heterocycles. The number of pyridine rings is 1. The van der Waals surface area contributed by atoms with Gasteiger partial charge in [-0.1, -0.05) is 6.07 Å². The zero-order valence-electron chi connectivity index (χ0n) is 11.0. The summed E-state index contributed by atoms with van der Waals surface area (Å²) < 4.78 is 27.9. The second kappa shape index (κ2) is 5.41. The molecule has 1 heterocycles. The molecule has 0 unspecified atom stereocenters. The second-order valence-corrected chi connectivity index (χ2v) is 6.74. The average Bonchev–Trinajstić information content (AvgIpc) is 2.37. The Labute approximate surface area is 126 Å². The number of hydrogen-bond acceptors (Lipinski definition) is 4. The summed E-state index contributed by atoms with van der Waals surface area (Å²) in [6.45, 7) is 3.58. The monoisotopic (exact) mass is 355 g/mol. The third kappa shape index (κ3) is 2.78. The number of anilines is 2. The third-order valence-corrected chi connectivity index (χ3v) is 5.18. The van der Waals surface area contributed by atoms with Gasteiger partial charge in [-0.25, -0.2) is 13.4 Å². The Hall–Kier alpha value is -1.60. The van der Waals surface area contributed by atoms with Gasteiger partial charge in [0.15, 0.2) is 0 Å². The Kier molecular flexibility index (Phi) is 4.01. The summed E-state index contributed by atoms with van der Waals surface area (Å²) in [6, 6.07) is 6.66. The Bertz CT molecular complexity index is 760. The van der Waals surface area contributed by atoms with Gasteiger partial charge in [0.25, 0.3) is 10.0 Å². The largest absolute Gasteiger partial charge is 0.398 e. The number of halogens is 1. The van der Waals surface area contributed by atoms with E-state index in [2.05, 4.69) is 25.6 Å². The van der Waals surface area contributed by atoms with Crippen LogP contribution in [0, 0.1) is 13.8 Å². The first-order valence-corrected chi connectivity index (χ1v) is 8.09. The smallest absolute Gasteiger partial charge is 0.264 e. The number of aromatic nitrogens is 1. The Morgan fingerprint density at radius 2 is 1.95 bits per heavy atom. The van der Waals surface area contributed by atoms with Crippen molar-refractivity contribution in [3.8, 4) is 0 Å². The first-order valence-electron chi connectivity index (χ1n) is 5.82. The van der Waals surface area contributed by atoms with Crippen molar-refractivity contribution in [3.05, 3.63) is 46.2 Å². The maximum atomic E-state index is 12.5. The standard InChI is InChI=1S/C13H14BrN3O2S/c1-8-5-6-10(15)12(9(8)2)20(18,19)17-11-4-3-7-16-13(11)14/h3-7,17H,15H2,1-2H3. The maximum Gasteiger partial charge on any atom is 0.264 e. The Morgan fingerprint density at radius 1 is 1.25 bits per heavy atom. The summed E-state index contributed by atoms with van der Waals surface area (Å²) in [6.07, 6.45) is 1.56. The van der Waals surface area contributed by atoms with Crippen molar-refractivity contribution in [1.29, 1.82) is 0 Å². The third-order valence-electron chi connectivity index (χ3n) is 2.98. The molecule has 2 rings (SSSR count). The van der Waals surface area contributed by atoms with Crippen LogP contribution in [0.2, 0.25) is 0 Å². The lowest BCUT2D eigenvalue weighted by Crippen LogP contribution is -2.17. The number of nitrogens with two attached hydrogens (primary N) is 1. The van der Waals surface area contributed by atoms with Crippen LogP contribution < -0.4 is 10.5 Å². The molecule has 0 radical (unpaired) electrons. The molecule has 0 aliphatic heterocycles. The lowest BCUT2D eigenvalue weighted by atomic mass is 10.1. The molecule has 1 aromatic carbocycles. The summed E-state index contributed by atoms with van der Waals surface area (Å²) in [5, 5.41) is 0. The molecule has 0 atom stereocenters. The van der Waals surface area contributed by atoms with Gasteiger partial charge in [-0.2, -0.15) is 0 Å². The minimum Gasteiger partial charge on any atom is -0.398 e. The molecule has 5 nitrogen and oxygen atoms in total. The first kappa shape index (κ1) is 14.8. The molecule has 0 aliphatic rings. The fourth-order valence-corrected chi connectivity index (χ4v) is 3.81. The average molecular weight is 356 g/mol. The summed E-state index contributed by atoms with van der Waals surface area (Å²) in [5.41, 5.74) is 7.91. The van der Waals surface area contributed by atoms with Crippen molar-refractivity contribution in [2.75, 3.05) is 10.5 Å². The van der Waals surface area contributed by atoms with Crippen LogP contribution in [0.5, 0.6) is 0 Å². The van der Waals surface area contributed by atoms with E-state index in [1.807, 2.05) is 6.92 Å². The number of hydrogen-bond donors (Lipinski definition) is 2. The van der Waals surface area contributed by atoms with Gasteiger partial charge in [0.2, 0.25) is 0 Å². The molecule has 2 aromatic rings. The van der Waals surface area contributed by atoms with Crippen LogP contribution in [0.25, 0.3) is 0 Å². The molecule has 7 heteroatoms. The van der Waals surface area contributed by atoms with Crippen LogP contribution in [0.1, 0.15) is 11.1 Å². The van der Waals surface area contributed by atoms with Crippen molar-refractivity contribution in [2.24, 2.45) is 0 Å². The molecule has 0 fully saturated rings. The lowest BCUT2D eigenvalue weighted by molar-refractivity contribution is 0.601. The van der Waals surface area contributed by atoms with Crippen LogP contribution in [0.15, 0.2) is 40.0 Å². The van der Waals surface area contributed by atoms with E-state index in [0.717, 1.165) is 5.56 Å².